The van der Waals surface area contributed by atoms with Crippen molar-refractivity contribution in [2.24, 2.45) is 0 Å². The van der Waals surface area contributed by atoms with Crippen molar-refractivity contribution in [3.8, 4) is 0 Å². The summed E-state index contributed by atoms with van der Waals surface area (Å²) in [6, 6.07) is 1.95. The molecule has 15 heavy (non-hydrogen) atoms. The Morgan fingerprint density at radius 3 is 2.80 bits per heavy atom. The highest BCUT2D eigenvalue weighted by atomic mass is 32.1. The molecule has 2 N–H and O–H groups in total. The number of thiophene rings is 1. The van der Waals surface area contributed by atoms with Crippen LogP contribution in [0.5, 0.6) is 0 Å². The van der Waals surface area contributed by atoms with E-state index < -0.39 is 5.97 Å². The zero-order valence-electron chi connectivity index (χ0n) is 8.23. The van der Waals surface area contributed by atoms with E-state index in [1.54, 1.807) is 11.3 Å². The van der Waals surface area contributed by atoms with E-state index in [9.17, 15) is 9.59 Å². The van der Waals surface area contributed by atoms with Gasteiger partial charge in [0, 0.05) is 19.4 Å². The summed E-state index contributed by atoms with van der Waals surface area (Å²) in [7, 11) is 0. The summed E-state index contributed by atoms with van der Waals surface area (Å²) in [6.07, 6.45) is 0.715. The van der Waals surface area contributed by atoms with Gasteiger partial charge in [-0.3, -0.25) is 9.59 Å². The van der Waals surface area contributed by atoms with E-state index in [0.29, 0.717) is 13.0 Å². The van der Waals surface area contributed by atoms with Crippen molar-refractivity contribution in [2.45, 2.75) is 25.8 Å². The summed E-state index contributed by atoms with van der Waals surface area (Å²) >= 11 is 1.58. The number of carboxylic acid groups (broad SMARTS) is 1. The third-order valence-electron chi connectivity index (χ3n) is 1.86. The predicted octanol–water partition coefficient (Wildman–Crippen LogP) is 1.62. The van der Waals surface area contributed by atoms with Crippen molar-refractivity contribution in [2.75, 3.05) is 0 Å². The second-order valence-electron chi connectivity index (χ2n) is 3.16. The van der Waals surface area contributed by atoms with Crippen molar-refractivity contribution >= 4 is 23.2 Å². The number of carbonyl (C=O) groups is 2. The minimum Gasteiger partial charge on any atom is -0.481 e. The molecule has 0 saturated carbocycles. The lowest BCUT2D eigenvalue weighted by molar-refractivity contribution is -0.137. The molecule has 1 heterocycles. The van der Waals surface area contributed by atoms with Gasteiger partial charge in [-0.25, -0.2) is 0 Å². The minimum atomic E-state index is -0.861. The van der Waals surface area contributed by atoms with E-state index in [0.717, 1.165) is 5.56 Å². The minimum absolute atomic E-state index is 0.0475. The number of hydrogen-bond donors (Lipinski definition) is 2. The molecule has 4 nitrogen and oxygen atoms in total. The Kier molecular flexibility index (Phi) is 4.83. The van der Waals surface area contributed by atoms with Crippen LogP contribution in [0.1, 0.15) is 24.8 Å². The molecule has 1 aromatic rings. The van der Waals surface area contributed by atoms with Gasteiger partial charge in [0.1, 0.15) is 0 Å². The quantitative estimate of drug-likeness (QED) is 0.776. The van der Waals surface area contributed by atoms with E-state index in [2.05, 4.69) is 5.32 Å². The van der Waals surface area contributed by atoms with Crippen LogP contribution in [-0.2, 0) is 16.1 Å². The zero-order chi connectivity index (χ0) is 11.1. The number of hydrogen-bond acceptors (Lipinski definition) is 3. The Labute approximate surface area is 91.9 Å². The molecule has 0 aliphatic heterocycles. The molecule has 0 aliphatic rings. The Morgan fingerprint density at radius 2 is 2.20 bits per heavy atom. The lowest BCUT2D eigenvalue weighted by Crippen LogP contribution is -2.22. The van der Waals surface area contributed by atoms with Gasteiger partial charge in [0.05, 0.1) is 0 Å². The first-order chi connectivity index (χ1) is 7.18. The van der Waals surface area contributed by atoms with Crippen LogP contribution in [0.15, 0.2) is 16.8 Å². The molecule has 0 bridgehead atoms. The van der Waals surface area contributed by atoms with Gasteiger partial charge in [0.15, 0.2) is 0 Å². The normalized spacial score (nSPS) is 9.87. The standard InChI is InChI=1S/C10H13NO3S/c12-9(2-1-3-10(13)14)11-6-8-4-5-15-7-8/h4-5,7H,1-3,6H2,(H,11,12)(H,13,14). The predicted molar refractivity (Wildman–Crippen MR) is 57.7 cm³/mol. The highest BCUT2D eigenvalue weighted by Gasteiger charge is 2.03. The van der Waals surface area contributed by atoms with E-state index in [1.165, 1.54) is 0 Å². The smallest absolute Gasteiger partial charge is 0.303 e. The second kappa shape index (κ2) is 6.19. The van der Waals surface area contributed by atoms with Crippen LogP contribution in [-0.4, -0.2) is 17.0 Å². The molecule has 82 valence electrons. The Balaban J connectivity index is 2.11. The molecule has 0 spiro atoms. The fraction of sp³-hybridized carbons (Fsp3) is 0.400. The SMILES string of the molecule is O=C(O)CCCC(=O)NCc1ccsc1. The largest absolute Gasteiger partial charge is 0.481 e. The first-order valence-electron chi connectivity index (χ1n) is 4.68. The van der Waals surface area contributed by atoms with Crippen LogP contribution in [0.4, 0.5) is 0 Å². The van der Waals surface area contributed by atoms with Gasteiger partial charge in [0.2, 0.25) is 5.91 Å². The molecular formula is C10H13NO3S. The number of carbonyl (C=O) groups excluding carboxylic acids is 1. The van der Waals surface area contributed by atoms with Gasteiger partial charge in [-0.15, -0.1) is 0 Å². The van der Waals surface area contributed by atoms with E-state index in [4.69, 9.17) is 5.11 Å². The summed E-state index contributed by atoms with van der Waals surface area (Å²) in [5, 5.41) is 15.0. The van der Waals surface area contributed by atoms with Crippen LogP contribution in [0.3, 0.4) is 0 Å². The Morgan fingerprint density at radius 1 is 1.40 bits per heavy atom. The fourth-order valence-electron chi connectivity index (χ4n) is 1.08. The van der Waals surface area contributed by atoms with Crippen molar-refractivity contribution < 1.29 is 14.7 Å². The first kappa shape index (κ1) is 11.7. The van der Waals surface area contributed by atoms with Crippen LogP contribution >= 0.6 is 11.3 Å². The van der Waals surface area contributed by atoms with Gasteiger partial charge in [-0.05, 0) is 28.8 Å². The topological polar surface area (TPSA) is 66.4 Å². The molecule has 1 aromatic heterocycles. The summed E-state index contributed by atoms with van der Waals surface area (Å²) in [5.74, 6) is -0.955. The second-order valence-corrected chi connectivity index (χ2v) is 3.94. The lowest BCUT2D eigenvalue weighted by atomic mass is 10.2. The maximum atomic E-state index is 11.2. The van der Waals surface area contributed by atoms with Gasteiger partial charge >= 0.3 is 5.97 Å². The van der Waals surface area contributed by atoms with E-state index in [-0.39, 0.29) is 18.7 Å². The maximum absolute atomic E-state index is 11.2. The van der Waals surface area contributed by atoms with Crippen molar-refractivity contribution in [1.29, 1.82) is 0 Å². The highest BCUT2D eigenvalue weighted by Crippen LogP contribution is 2.05. The van der Waals surface area contributed by atoms with Crippen LogP contribution in [0.25, 0.3) is 0 Å². The first-order valence-corrected chi connectivity index (χ1v) is 5.62. The molecule has 5 heteroatoms. The molecule has 0 radical (unpaired) electrons. The van der Waals surface area contributed by atoms with E-state index >= 15 is 0 Å². The average Bonchev–Trinajstić information content (AvgIpc) is 2.66. The third kappa shape index (κ3) is 5.17. The summed E-state index contributed by atoms with van der Waals surface area (Å²) in [5.41, 5.74) is 1.08. The average molecular weight is 227 g/mol. The third-order valence-corrected chi connectivity index (χ3v) is 2.60. The van der Waals surface area contributed by atoms with Gasteiger partial charge < -0.3 is 10.4 Å². The lowest BCUT2D eigenvalue weighted by Gasteiger charge is -2.02. The molecular weight excluding hydrogens is 214 g/mol. The van der Waals surface area contributed by atoms with Gasteiger partial charge in [0.25, 0.3) is 0 Å². The molecule has 0 aromatic carbocycles. The Bertz CT molecular complexity index is 321. The van der Waals surface area contributed by atoms with Crippen LogP contribution < -0.4 is 5.32 Å². The summed E-state index contributed by atoms with van der Waals surface area (Å²) in [6.45, 7) is 0.523. The molecule has 1 amide bonds. The van der Waals surface area contributed by atoms with Crippen LogP contribution in [0.2, 0.25) is 0 Å². The number of nitrogens with one attached hydrogen (secondary N) is 1. The van der Waals surface area contributed by atoms with Gasteiger partial charge in [-0.2, -0.15) is 11.3 Å². The zero-order valence-corrected chi connectivity index (χ0v) is 9.05. The highest BCUT2D eigenvalue weighted by molar-refractivity contribution is 7.07. The summed E-state index contributed by atoms with van der Waals surface area (Å²) < 4.78 is 0. The molecule has 0 atom stereocenters. The Hall–Kier alpha value is -1.36. The number of rotatable bonds is 6. The molecule has 0 aliphatic carbocycles. The fourth-order valence-corrected chi connectivity index (χ4v) is 1.75. The molecule has 1 rings (SSSR count). The molecule has 0 fully saturated rings. The number of aliphatic carboxylic acids is 1. The van der Waals surface area contributed by atoms with Gasteiger partial charge in [-0.1, -0.05) is 0 Å². The van der Waals surface area contributed by atoms with Crippen molar-refractivity contribution in [3.05, 3.63) is 22.4 Å². The molecule has 0 saturated heterocycles. The van der Waals surface area contributed by atoms with Crippen molar-refractivity contribution in [1.82, 2.24) is 5.32 Å². The summed E-state index contributed by atoms with van der Waals surface area (Å²) in [4.78, 5) is 21.4. The van der Waals surface area contributed by atoms with Crippen LogP contribution in [0, 0.1) is 0 Å². The monoisotopic (exact) mass is 227 g/mol. The van der Waals surface area contributed by atoms with Crippen molar-refractivity contribution in [3.63, 3.8) is 0 Å². The maximum Gasteiger partial charge on any atom is 0.303 e. The number of carboxylic acids is 1. The number of amides is 1. The van der Waals surface area contributed by atoms with E-state index in [1.807, 2.05) is 16.8 Å². The molecule has 0 unspecified atom stereocenters.